The summed E-state index contributed by atoms with van der Waals surface area (Å²) in [7, 11) is 0. The highest BCUT2D eigenvalue weighted by Crippen LogP contribution is 2.25. The molecule has 0 saturated heterocycles. The Balaban J connectivity index is 3.06. The Morgan fingerprint density at radius 3 is 2.57 bits per heavy atom. The van der Waals surface area contributed by atoms with E-state index >= 15 is 0 Å². The molecule has 1 unspecified atom stereocenters. The molecule has 14 heavy (non-hydrogen) atoms. The van der Waals surface area contributed by atoms with Gasteiger partial charge in [-0.15, -0.1) is 0 Å². The molecule has 0 aliphatic carbocycles. The van der Waals surface area contributed by atoms with Crippen molar-refractivity contribution < 1.29 is 9.90 Å². The van der Waals surface area contributed by atoms with Gasteiger partial charge in [-0.1, -0.05) is 19.9 Å². The Kier molecular flexibility index (Phi) is 3.28. The monoisotopic (exact) mass is 192 g/mol. The van der Waals surface area contributed by atoms with Gasteiger partial charge in [-0.3, -0.25) is 4.79 Å². The largest absolute Gasteiger partial charge is 0.507 e. The van der Waals surface area contributed by atoms with Crippen LogP contribution in [0.1, 0.15) is 49.0 Å². The van der Waals surface area contributed by atoms with Crippen molar-refractivity contribution in [3.05, 3.63) is 29.3 Å². The summed E-state index contributed by atoms with van der Waals surface area (Å²) < 4.78 is 0. The summed E-state index contributed by atoms with van der Waals surface area (Å²) in [5, 5.41) is 9.59. The molecular formula is C12H16O2. The van der Waals surface area contributed by atoms with E-state index < -0.39 is 0 Å². The standard InChI is InChI=1S/C12H16O2/c1-4-8(2)10-5-6-11(9(3)13)12(14)7-10/h5-8,14H,4H2,1-3H3. The van der Waals surface area contributed by atoms with Crippen molar-refractivity contribution in [2.45, 2.75) is 33.1 Å². The molecule has 0 aliphatic heterocycles. The number of rotatable bonds is 3. The highest BCUT2D eigenvalue weighted by atomic mass is 16.3. The lowest BCUT2D eigenvalue weighted by atomic mass is 9.96. The number of carbonyl (C=O) groups excluding carboxylic acids is 1. The molecule has 1 aromatic rings. The van der Waals surface area contributed by atoms with Gasteiger partial charge in [0.25, 0.3) is 0 Å². The Hall–Kier alpha value is -1.31. The van der Waals surface area contributed by atoms with Crippen molar-refractivity contribution in [1.29, 1.82) is 0 Å². The SMILES string of the molecule is CCC(C)c1ccc(C(C)=O)c(O)c1. The van der Waals surface area contributed by atoms with Gasteiger partial charge in [0.1, 0.15) is 5.75 Å². The molecule has 1 atom stereocenters. The second-order valence-electron chi connectivity index (χ2n) is 3.64. The minimum atomic E-state index is -0.0989. The summed E-state index contributed by atoms with van der Waals surface area (Å²) in [5.41, 5.74) is 1.48. The number of phenols is 1. The van der Waals surface area contributed by atoms with Gasteiger partial charge in [0.15, 0.2) is 5.78 Å². The van der Waals surface area contributed by atoms with Gasteiger partial charge in [0, 0.05) is 0 Å². The van der Waals surface area contributed by atoms with Crippen LogP contribution in [0, 0.1) is 0 Å². The zero-order chi connectivity index (χ0) is 10.7. The molecule has 1 rings (SSSR count). The van der Waals surface area contributed by atoms with Gasteiger partial charge < -0.3 is 5.11 Å². The first kappa shape index (κ1) is 10.8. The number of aromatic hydroxyl groups is 1. The predicted octanol–water partition coefficient (Wildman–Crippen LogP) is 3.11. The van der Waals surface area contributed by atoms with Crippen molar-refractivity contribution in [2.24, 2.45) is 0 Å². The smallest absolute Gasteiger partial charge is 0.163 e. The lowest BCUT2D eigenvalue weighted by Gasteiger charge is -2.10. The maximum Gasteiger partial charge on any atom is 0.163 e. The fraction of sp³-hybridized carbons (Fsp3) is 0.417. The number of carbonyl (C=O) groups is 1. The van der Waals surface area contributed by atoms with Gasteiger partial charge in [0.2, 0.25) is 0 Å². The van der Waals surface area contributed by atoms with E-state index in [1.54, 1.807) is 12.1 Å². The van der Waals surface area contributed by atoms with Crippen molar-refractivity contribution in [3.8, 4) is 5.75 Å². The zero-order valence-corrected chi connectivity index (χ0v) is 8.87. The van der Waals surface area contributed by atoms with Crippen molar-refractivity contribution in [1.82, 2.24) is 0 Å². The fourth-order valence-corrected chi connectivity index (χ4v) is 1.39. The molecule has 0 saturated carbocycles. The van der Waals surface area contributed by atoms with E-state index in [2.05, 4.69) is 13.8 Å². The van der Waals surface area contributed by atoms with Crippen LogP contribution in [0.3, 0.4) is 0 Å². The third kappa shape index (κ3) is 2.13. The van der Waals surface area contributed by atoms with Gasteiger partial charge in [-0.2, -0.15) is 0 Å². The van der Waals surface area contributed by atoms with E-state index in [1.807, 2.05) is 6.07 Å². The van der Waals surface area contributed by atoms with E-state index in [0.717, 1.165) is 12.0 Å². The van der Waals surface area contributed by atoms with Crippen molar-refractivity contribution in [2.75, 3.05) is 0 Å². The number of hydrogen-bond donors (Lipinski definition) is 1. The summed E-state index contributed by atoms with van der Waals surface area (Å²) in [6.07, 6.45) is 1.03. The molecule has 2 heteroatoms. The van der Waals surface area contributed by atoms with Gasteiger partial charge in [0.05, 0.1) is 5.56 Å². The summed E-state index contributed by atoms with van der Waals surface area (Å²) in [5.74, 6) is 0.412. The maximum atomic E-state index is 11.1. The number of Topliss-reactive ketones (excluding diaryl/α,β-unsaturated/α-hetero) is 1. The molecule has 0 spiro atoms. The molecule has 0 amide bonds. The zero-order valence-electron chi connectivity index (χ0n) is 8.87. The van der Waals surface area contributed by atoms with Crippen LogP contribution < -0.4 is 0 Å². The first-order valence-corrected chi connectivity index (χ1v) is 4.90. The molecule has 0 aliphatic rings. The molecule has 2 nitrogen and oxygen atoms in total. The minimum Gasteiger partial charge on any atom is -0.507 e. The van der Waals surface area contributed by atoms with Crippen LogP contribution in [-0.4, -0.2) is 10.9 Å². The Morgan fingerprint density at radius 1 is 1.50 bits per heavy atom. The summed E-state index contributed by atoms with van der Waals surface area (Å²) in [6.45, 7) is 5.65. The van der Waals surface area contributed by atoms with Gasteiger partial charge >= 0.3 is 0 Å². The average molecular weight is 192 g/mol. The number of phenolic OH excluding ortho intramolecular Hbond substituents is 1. The Bertz CT molecular complexity index is 342. The van der Waals surface area contributed by atoms with E-state index in [0.29, 0.717) is 11.5 Å². The van der Waals surface area contributed by atoms with E-state index in [4.69, 9.17) is 0 Å². The maximum absolute atomic E-state index is 11.1. The van der Waals surface area contributed by atoms with Crippen molar-refractivity contribution in [3.63, 3.8) is 0 Å². The normalized spacial score (nSPS) is 12.5. The van der Waals surface area contributed by atoms with E-state index in [9.17, 15) is 9.90 Å². The molecule has 0 heterocycles. The highest BCUT2D eigenvalue weighted by Gasteiger charge is 2.09. The fourth-order valence-electron chi connectivity index (χ4n) is 1.39. The molecule has 0 bridgehead atoms. The van der Waals surface area contributed by atoms with Gasteiger partial charge in [-0.05, 0) is 37.0 Å². The van der Waals surface area contributed by atoms with Crippen LogP contribution in [0.25, 0.3) is 0 Å². The van der Waals surface area contributed by atoms with Crippen LogP contribution in [0.4, 0.5) is 0 Å². The van der Waals surface area contributed by atoms with E-state index in [1.165, 1.54) is 6.92 Å². The van der Waals surface area contributed by atoms with Crippen molar-refractivity contribution >= 4 is 5.78 Å². The lowest BCUT2D eigenvalue weighted by Crippen LogP contribution is -1.96. The topological polar surface area (TPSA) is 37.3 Å². The molecule has 1 aromatic carbocycles. The predicted molar refractivity (Wildman–Crippen MR) is 56.8 cm³/mol. The first-order chi connectivity index (χ1) is 6.56. The molecule has 0 radical (unpaired) electrons. The quantitative estimate of drug-likeness (QED) is 0.747. The first-order valence-electron chi connectivity index (χ1n) is 4.90. The Labute approximate surface area is 84.6 Å². The highest BCUT2D eigenvalue weighted by molar-refractivity contribution is 5.96. The lowest BCUT2D eigenvalue weighted by molar-refractivity contribution is 0.101. The summed E-state index contributed by atoms with van der Waals surface area (Å²) in [6, 6.07) is 5.29. The average Bonchev–Trinajstić information content (AvgIpc) is 2.15. The second-order valence-corrected chi connectivity index (χ2v) is 3.64. The number of ketones is 1. The molecule has 76 valence electrons. The molecule has 0 aromatic heterocycles. The van der Waals surface area contributed by atoms with Gasteiger partial charge in [-0.25, -0.2) is 0 Å². The number of benzene rings is 1. The second kappa shape index (κ2) is 4.27. The molecule has 0 fully saturated rings. The van der Waals surface area contributed by atoms with Crippen LogP contribution in [0.2, 0.25) is 0 Å². The van der Waals surface area contributed by atoms with Crippen LogP contribution >= 0.6 is 0 Å². The Morgan fingerprint density at radius 2 is 2.14 bits per heavy atom. The third-order valence-electron chi connectivity index (χ3n) is 2.58. The van der Waals surface area contributed by atoms with E-state index in [-0.39, 0.29) is 11.5 Å². The summed E-state index contributed by atoms with van der Waals surface area (Å²) >= 11 is 0. The van der Waals surface area contributed by atoms with Crippen LogP contribution in [-0.2, 0) is 0 Å². The minimum absolute atomic E-state index is 0.0929. The third-order valence-corrected chi connectivity index (χ3v) is 2.58. The molecule has 1 N–H and O–H groups in total. The van der Waals surface area contributed by atoms with Crippen LogP contribution in [0.5, 0.6) is 5.75 Å². The number of hydrogen-bond acceptors (Lipinski definition) is 2. The molecular weight excluding hydrogens is 176 g/mol. The summed E-state index contributed by atoms with van der Waals surface area (Å²) in [4.78, 5) is 11.1. The van der Waals surface area contributed by atoms with Crippen LogP contribution in [0.15, 0.2) is 18.2 Å².